The van der Waals surface area contributed by atoms with E-state index in [0.29, 0.717) is 6.42 Å². The number of aliphatic hydroxyl groups excluding tert-OH is 1. The number of ketones is 1. The molecular weight excluding hydrogens is 230 g/mol. The second-order valence-corrected chi connectivity index (χ2v) is 4.63. The van der Waals surface area contributed by atoms with Crippen LogP contribution in [0.25, 0.3) is 0 Å². The molecule has 0 aromatic heterocycles. The quantitative estimate of drug-likeness (QED) is 0.832. The summed E-state index contributed by atoms with van der Waals surface area (Å²) < 4.78 is 0. The smallest absolute Gasteiger partial charge is 0.224 e. The maximum Gasteiger partial charge on any atom is 0.224 e. The maximum atomic E-state index is 11.8. The molecule has 2 rings (SSSR count). The highest BCUT2D eigenvalue weighted by atomic mass is 16.3. The van der Waals surface area contributed by atoms with Crippen LogP contribution < -0.4 is 5.32 Å². The van der Waals surface area contributed by atoms with E-state index in [1.165, 1.54) is 0 Å². The monoisotopic (exact) mass is 247 g/mol. The van der Waals surface area contributed by atoms with Crippen molar-refractivity contribution < 1.29 is 14.7 Å². The van der Waals surface area contributed by atoms with Crippen LogP contribution in [0.5, 0.6) is 0 Å². The highest BCUT2D eigenvalue weighted by Crippen LogP contribution is 2.14. The number of rotatable bonds is 4. The van der Waals surface area contributed by atoms with E-state index in [-0.39, 0.29) is 30.8 Å². The molecule has 0 unspecified atom stereocenters. The van der Waals surface area contributed by atoms with E-state index >= 15 is 0 Å². The number of carbonyl (C=O) groups excluding carboxylic acids is 2. The Morgan fingerprint density at radius 3 is 2.83 bits per heavy atom. The molecule has 1 aromatic rings. The van der Waals surface area contributed by atoms with Crippen molar-refractivity contribution in [2.45, 2.75) is 38.3 Å². The minimum Gasteiger partial charge on any atom is -0.392 e. The van der Waals surface area contributed by atoms with Gasteiger partial charge in [-0.05, 0) is 24.0 Å². The molecule has 1 atom stereocenters. The van der Waals surface area contributed by atoms with Crippen LogP contribution in [0.2, 0.25) is 0 Å². The fraction of sp³-hybridized carbons (Fsp3) is 0.429. The average molecular weight is 247 g/mol. The minimum absolute atomic E-state index is 0.0312. The molecule has 18 heavy (non-hydrogen) atoms. The van der Waals surface area contributed by atoms with E-state index < -0.39 is 0 Å². The standard InChI is InChI=1S/C14H17NO3/c16-9-11-4-1-3-10(7-11)8-14(18)15-12-5-2-6-13(12)17/h1,3-4,7,12,16H,2,5-6,8-9H2,(H,15,18)/t12-/m1/s1. The van der Waals surface area contributed by atoms with Gasteiger partial charge in [0.1, 0.15) is 0 Å². The molecule has 1 aromatic carbocycles. The van der Waals surface area contributed by atoms with Crippen LogP contribution in [0.15, 0.2) is 24.3 Å². The van der Waals surface area contributed by atoms with E-state index in [0.717, 1.165) is 24.0 Å². The Bertz CT molecular complexity index is 456. The number of nitrogens with one attached hydrogen (secondary N) is 1. The van der Waals surface area contributed by atoms with Gasteiger partial charge in [0.15, 0.2) is 5.78 Å². The van der Waals surface area contributed by atoms with Gasteiger partial charge in [-0.2, -0.15) is 0 Å². The van der Waals surface area contributed by atoms with Crippen molar-refractivity contribution in [3.63, 3.8) is 0 Å². The molecule has 1 amide bonds. The molecule has 0 radical (unpaired) electrons. The van der Waals surface area contributed by atoms with Crippen LogP contribution in [0.1, 0.15) is 30.4 Å². The molecule has 1 fully saturated rings. The van der Waals surface area contributed by atoms with Gasteiger partial charge in [0.25, 0.3) is 0 Å². The van der Waals surface area contributed by atoms with Gasteiger partial charge in [0.05, 0.1) is 19.1 Å². The molecule has 0 heterocycles. The number of Topliss-reactive ketones (excluding diaryl/α,β-unsaturated/α-hetero) is 1. The van der Waals surface area contributed by atoms with Gasteiger partial charge >= 0.3 is 0 Å². The maximum absolute atomic E-state index is 11.8. The second kappa shape index (κ2) is 5.78. The van der Waals surface area contributed by atoms with Crippen LogP contribution in [-0.4, -0.2) is 22.8 Å². The van der Waals surface area contributed by atoms with Crippen molar-refractivity contribution >= 4 is 11.7 Å². The minimum atomic E-state index is -0.293. The predicted molar refractivity (Wildman–Crippen MR) is 66.9 cm³/mol. The number of hydrogen-bond donors (Lipinski definition) is 2. The van der Waals surface area contributed by atoms with Crippen molar-refractivity contribution in [1.82, 2.24) is 5.32 Å². The number of benzene rings is 1. The molecule has 0 aliphatic heterocycles. The molecule has 1 saturated carbocycles. The lowest BCUT2D eigenvalue weighted by atomic mass is 10.1. The van der Waals surface area contributed by atoms with Gasteiger partial charge < -0.3 is 10.4 Å². The van der Waals surface area contributed by atoms with E-state index in [2.05, 4.69) is 5.32 Å². The van der Waals surface area contributed by atoms with Crippen molar-refractivity contribution in [2.75, 3.05) is 0 Å². The van der Waals surface area contributed by atoms with Crippen molar-refractivity contribution in [3.8, 4) is 0 Å². The zero-order valence-electron chi connectivity index (χ0n) is 10.2. The SMILES string of the molecule is O=C(Cc1cccc(CO)c1)N[C@@H]1CCCC1=O. The fourth-order valence-corrected chi connectivity index (χ4v) is 2.24. The van der Waals surface area contributed by atoms with Gasteiger partial charge in [-0.25, -0.2) is 0 Å². The van der Waals surface area contributed by atoms with Crippen LogP contribution >= 0.6 is 0 Å². The molecular formula is C14H17NO3. The highest BCUT2D eigenvalue weighted by Gasteiger charge is 2.25. The van der Waals surface area contributed by atoms with E-state index in [9.17, 15) is 9.59 Å². The predicted octanol–water partition coefficient (Wildman–Crippen LogP) is 0.959. The molecule has 0 saturated heterocycles. The largest absolute Gasteiger partial charge is 0.392 e. The third-order valence-electron chi connectivity index (χ3n) is 3.18. The van der Waals surface area contributed by atoms with Crippen LogP contribution in [0.4, 0.5) is 0 Å². The molecule has 1 aliphatic rings. The summed E-state index contributed by atoms with van der Waals surface area (Å²) in [4.78, 5) is 23.2. The third-order valence-corrected chi connectivity index (χ3v) is 3.18. The normalized spacial score (nSPS) is 18.9. The lowest BCUT2D eigenvalue weighted by Gasteiger charge is -2.11. The molecule has 2 N–H and O–H groups in total. The Kier molecular flexibility index (Phi) is 4.10. The highest BCUT2D eigenvalue weighted by molar-refractivity contribution is 5.91. The first-order chi connectivity index (χ1) is 8.69. The Balaban J connectivity index is 1.92. The third kappa shape index (κ3) is 3.17. The summed E-state index contributed by atoms with van der Waals surface area (Å²) in [5, 5.41) is 11.8. The first-order valence-corrected chi connectivity index (χ1v) is 6.20. The Hall–Kier alpha value is -1.68. The zero-order valence-corrected chi connectivity index (χ0v) is 10.2. The van der Waals surface area contributed by atoms with E-state index in [4.69, 9.17) is 5.11 Å². The van der Waals surface area contributed by atoms with Crippen molar-refractivity contribution in [3.05, 3.63) is 35.4 Å². The van der Waals surface area contributed by atoms with Crippen LogP contribution in [0, 0.1) is 0 Å². The number of aliphatic hydroxyl groups is 1. The molecule has 4 nitrogen and oxygen atoms in total. The van der Waals surface area contributed by atoms with Crippen molar-refractivity contribution in [2.24, 2.45) is 0 Å². The lowest BCUT2D eigenvalue weighted by molar-refractivity contribution is -0.126. The van der Waals surface area contributed by atoms with Crippen LogP contribution in [-0.2, 0) is 22.6 Å². The molecule has 1 aliphatic carbocycles. The number of hydrogen-bond acceptors (Lipinski definition) is 3. The van der Waals surface area contributed by atoms with Gasteiger partial charge in [-0.3, -0.25) is 9.59 Å². The second-order valence-electron chi connectivity index (χ2n) is 4.63. The summed E-state index contributed by atoms with van der Waals surface area (Å²) in [6.07, 6.45) is 2.44. The molecule has 0 spiro atoms. The first kappa shape index (κ1) is 12.8. The van der Waals surface area contributed by atoms with E-state index in [1.807, 2.05) is 18.2 Å². The van der Waals surface area contributed by atoms with Gasteiger partial charge in [0.2, 0.25) is 5.91 Å². The first-order valence-electron chi connectivity index (χ1n) is 6.20. The van der Waals surface area contributed by atoms with Gasteiger partial charge in [-0.15, -0.1) is 0 Å². The summed E-state index contributed by atoms with van der Waals surface area (Å²) in [5.74, 6) is -0.00204. The lowest BCUT2D eigenvalue weighted by Crippen LogP contribution is -2.38. The van der Waals surface area contributed by atoms with Crippen LogP contribution in [0.3, 0.4) is 0 Å². The summed E-state index contributed by atoms with van der Waals surface area (Å²) in [5.41, 5.74) is 1.64. The molecule has 96 valence electrons. The summed E-state index contributed by atoms with van der Waals surface area (Å²) >= 11 is 0. The number of carbonyl (C=O) groups is 2. The van der Waals surface area contributed by atoms with Gasteiger partial charge in [0, 0.05) is 6.42 Å². The Morgan fingerprint density at radius 1 is 1.39 bits per heavy atom. The summed E-state index contributed by atoms with van der Waals surface area (Å²) in [7, 11) is 0. The van der Waals surface area contributed by atoms with Crippen molar-refractivity contribution in [1.29, 1.82) is 0 Å². The topological polar surface area (TPSA) is 66.4 Å². The average Bonchev–Trinajstić information content (AvgIpc) is 2.75. The number of amides is 1. The summed E-state index contributed by atoms with van der Waals surface area (Å²) in [6, 6.07) is 6.97. The Labute approximate surface area is 106 Å². The molecule has 4 heteroatoms. The molecule has 0 bridgehead atoms. The van der Waals surface area contributed by atoms with Gasteiger partial charge in [-0.1, -0.05) is 24.3 Å². The van der Waals surface area contributed by atoms with E-state index in [1.54, 1.807) is 6.07 Å². The fourth-order valence-electron chi connectivity index (χ4n) is 2.24. The Morgan fingerprint density at radius 2 is 2.17 bits per heavy atom. The zero-order chi connectivity index (χ0) is 13.0. The summed E-state index contributed by atoms with van der Waals surface area (Å²) in [6.45, 7) is -0.0312.